The molecule has 0 aliphatic carbocycles. The van der Waals surface area contributed by atoms with E-state index in [-0.39, 0.29) is 11.8 Å². The second-order valence-electron chi connectivity index (χ2n) is 8.14. The zero-order valence-electron chi connectivity index (χ0n) is 18.5. The second kappa shape index (κ2) is 9.18. The lowest BCUT2D eigenvalue weighted by Gasteiger charge is -2.14. The standard InChI is InChI=1S/C23H28N6OS/c1-14(2)20-24-15(3)19(23(26-20)31-4)22(30)25-17-10-8-9-16(13-17)21-28-27-18-11-6-5-7-12-29(18)21/h8-10,13-14H,5-7,11-12H2,1-4H3,(H,25,30). The summed E-state index contributed by atoms with van der Waals surface area (Å²) in [6.45, 7) is 6.90. The molecule has 1 aromatic carbocycles. The van der Waals surface area contributed by atoms with Crippen LogP contribution >= 0.6 is 11.8 Å². The fourth-order valence-corrected chi connectivity index (χ4v) is 4.49. The van der Waals surface area contributed by atoms with Crippen molar-refractivity contribution in [2.75, 3.05) is 11.6 Å². The molecule has 0 atom stereocenters. The first-order valence-electron chi connectivity index (χ1n) is 10.7. The van der Waals surface area contributed by atoms with Crippen LogP contribution in [0.4, 0.5) is 5.69 Å². The number of thioether (sulfide) groups is 1. The van der Waals surface area contributed by atoms with Gasteiger partial charge in [-0.3, -0.25) is 4.79 Å². The van der Waals surface area contributed by atoms with Crippen LogP contribution in [0, 0.1) is 6.92 Å². The van der Waals surface area contributed by atoms with Gasteiger partial charge in [0.25, 0.3) is 5.91 Å². The van der Waals surface area contributed by atoms with Crippen molar-refractivity contribution in [2.24, 2.45) is 0 Å². The number of benzene rings is 1. The van der Waals surface area contributed by atoms with E-state index in [0.717, 1.165) is 48.8 Å². The summed E-state index contributed by atoms with van der Waals surface area (Å²) >= 11 is 1.47. The molecule has 0 unspecified atom stereocenters. The Bertz CT molecular complexity index is 1110. The smallest absolute Gasteiger partial charge is 0.260 e. The molecule has 0 spiro atoms. The summed E-state index contributed by atoms with van der Waals surface area (Å²) in [6, 6.07) is 7.79. The van der Waals surface area contributed by atoms with Gasteiger partial charge in [-0.15, -0.1) is 22.0 Å². The van der Waals surface area contributed by atoms with Crippen LogP contribution in [0.15, 0.2) is 29.3 Å². The van der Waals surface area contributed by atoms with Crippen LogP contribution < -0.4 is 5.32 Å². The first-order valence-corrected chi connectivity index (χ1v) is 12.0. The molecule has 31 heavy (non-hydrogen) atoms. The average Bonchev–Trinajstić information content (AvgIpc) is 3.01. The Labute approximate surface area is 187 Å². The summed E-state index contributed by atoms with van der Waals surface area (Å²) in [6.07, 6.45) is 6.40. The molecule has 1 N–H and O–H groups in total. The van der Waals surface area contributed by atoms with E-state index in [0.29, 0.717) is 22.0 Å². The van der Waals surface area contributed by atoms with Crippen molar-refractivity contribution in [2.45, 2.75) is 63.9 Å². The number of amides is 1. The third kappa shape index (κ3) is 4.49. The van der Waals surface area contributed by atoms with Gasteiger partial charge in [0.15, 0.2) is 5.82 Å². The number of hydrogen-bond donors (Lipinski definition) is 1. The van der Waals surface area contributed by atoms with Gasteiger partial charge in [0.2, 0.25) is 0 Å². The SMILES string of the molecule is CSc1nc(C(C)C)nc(C)c1C(=O)Nc1cccc(-c2nnc3n2CCCCC3)c1. The van der Waals surface area contributed by atoms with Gasteiger partial charge in [-0.25, -0.2) is 9.97 Å². The lowest BCUT2D eigenvalue weighted by atomic mass is 10.1. The van der Waals surface area contributed by atoms with Crippen molar-refractivity contribution in [1.29, 1.82) is 0 Å². The maximum Gasteiger partial charge on any atom is 0.260 e. The molecule has 0 fully saturated rings. The predicted octanol–water partition coefficient (Wildman–Crippen LogP) is 4.87. The van der Waals surface area contributed by atoms with Gasteiger partial charge in [-0.2, -0.15) is 0 Å². The number of nitrogens with one attached hydrogen (secondary N) is 1. The normalized spacial score (nSPS) is 13.7. The van der Waals surface area contributed by atoms with E-state index in [1.807, 2.05) is 37.4 Å². The van der Waals surface area contributed by atoms with Gasteiger partial charge in [-0.05, 0) is 38.2 Å². The van der Waals surface area contributed by atoms with Crippen molar-refractivity contribution < 1.29 is 4.79 Å². The molecular formula is C23H28N6OS. The van der Waals surface area contributed by atoms with Gasteiger partial charge in [-0.1, -0.05) is 32.4 Å². The maximum atomic E-state index is 13.1. The van der Waals surface area contributed by atoms with Crippen LogP contribution in [0.5, 0.6) is 0 Å². The summed E-state index contributed by atoms with van der Waals surface area (Å²) < 4.78 is 2.21. The van der Waals surface area contributed by atoms with E-state index in [1.54, 1.807) is 0 Å². The molecule has 4 rings (SSSR count). The molecule has 7 nitrogen and oxygen atoms in total. The number of carbonyl (C=O) groups is 1. The summed E-state index contributed by atoms with van der Waals surface area (Å²) in [5.41, 5.74) is 2.89. The van der Waals surface area contributed by atoms with Crippen LogP contribution in [0.3, 0.4) is 0 Å². The molecule has 0 radical (unpaired) electrons. The average molecular weight is 437 g/mol. The Morgan fingerprint density at radius 1 is 1.16 bits per heavy atom. The van der Waals surface area contributed by atoms with Crippen molar-refractivity contribution in [3.8, 4) is 11.4 Å². The van der Waals surface area contributed by atoms with E-state index in [9.17, 15) is 4.79 Å². The van der Waals surface area contributed by atoms with E-state index in [2.05, 4.69) is 43.9 Å². The highest BCUT2D eigenvalue weighted by molar-refractivity contribution is 7.98. The van der Waals surface area contributed by atoms with E-state index in [1.165, 1.54) is 18.2 Å². The first-order chi connectivity index (χ1) is 15.0. The molecule has 1 aliphatic heterocycles. The highest BCUT2D eigenvalue weighted by Crippen LogP contribution is 2.27. The third-order valence-corrected chi connectivity index (χ3v) is 6.18. The first kappa shape index (κ1) is 21.5. The summed E-state index contributed by atoms with van der Waals surface area (Å²) in [5.74, 6) is 2.67. The lowest BCUT2D eigenvalue weighted by Crippen LogP contribution is -2.18. The lowest BCUT2D eigenvalue weighted by molar-refractivity contribution is 0.102. The summed E-state index contributed by atoms with van der Waals surface area (Å²) in [4.78, 5) is 22.3. The number of nitrogens with zero attached hydrogens (tertiary/aromatic N) is 5. The second-order valence-corrected chi connectivity index (χ2v) is 8.94. The maximum absolute atomic E-state index is 13.1. The minimum Gasteiger partial charge on any atom is -0.322 e. The molecule has 0 saturated carbocycles. The zero-order valence-corrected chi connectivity index (χ0v) is 19.3. The molecule has 8 heteroatoms. The van der Waals surface area contributed by atoms with Gasteiger partial charge >= 0.3 is 0 Å². The fourth-order valence-electron chi connectivity index (χ4n) is 3.86. The Hall–Kier alpha value is -2.74. The van der Waals surface area contributed by atoms with Gasteiger partial charge in [0, 0.05) is 30.1 Å². The largest absolute Gasteiger partial charge is 0.322 e. The number of aromatic nitrogens is 5. The van der Waals surface area contributed by atoms with Gasteiger partial charge in [0.05, 0.1) is 11.3 Å². The molecule has 2 aromatic heterocycles. The monoisotopic (exact) mass is 436 g/mol. The Kier molecular flexibility index (Phi) is 6.36. The molecule has 162 valence electrons. The Balaban J connectivity index is 1.62. The van der Waals surface area contributed by atoms with Gasteiger partial charge in [0.1, 0.15) is 16.7 Å². The zero-order chi connectivity index (χ0) is 22.0. The summed E-state index contributed by atoms with van der Waals surface area (Å²) in [7, 11) is 0. The fraction of sp³-hybridized carbons (Fsp3) is 0.435. The highest BCUT2D eigenvalue weighted by atomic mass is 32.2. The molecule has 0 saturated heterocycles. The molecule has 3 aromatic rings. The van der Waals surface area contributed by atoms with Crippen molar-refractivity contribution >= 4 is 23.4 Å². The molecule has 1 aliphatic rings. The van der Waals surface area contributed by atoms with Crippen LogP contribution in [-0.2, 0) is 13.0 Å². The van der Waals surface area contributed by atoms with Gasteiger partial charge < -0.3 is 9.88 Å². The minimum absolute atomic E-state index is 0.200. The van der Waals surface area contributed by atoms with Crippen LogP contribution in [-0.4, -0.2) is 36.9 Å². The van der Waals surface area contributed by atoms with Crippen molar-refractivity contribution in [1.82, 2.24) is 24.7 Å². The topological polar surface area (TPSA) is 85.6 Å². The number of hydrogen-bond acceptors (Lipinski definition) is 6. The molecule has 3 heterocycles. The van der Waals surface area contributed by atoms with E-state index >= 15 is 0 Å². The van der Waals surface area contributed by atoms with Crippen molar-refractivity contribution in [3.63, 3.8) is 0 Å². The van der Waals surface area contributed by atoms with Crippen LogP contribution in [0.2, 0.25) is 0 Å². The number of anilines is 1. The Morgan fingerprint density at radius 3 is 2.77 bits per heavy atom. The van der Waals surface area contributed by atoms with Crippen LogP contribution in [0.25, 0.3) is 11.4 Å². The third-order valence-electron chi connectivity index (χ3n) is 5.50. The van der Waals surface area contributed by atoms with Crippen LogP contribution in [0.1, 0.15) is 66.7 Å². The number of rotatable bonds is 5. The van der Waals surface area contributed by atoms with Crippen molar-refractivity contribution in [3.05, 3.63) is 47.2 Å². The number of fused-ring (bicyclic) bond motifs is 1. The minimum atomic E-state index is -0.200. The molecule has 0 bridgehead atoms. The number of carbonyl (C=O) groups excluding carboxylic acids is 1. The Morgan fingerprint density at radius 2 is 2.00 bits per heavy atom. The quantitative estimate of drug-likeness (QED) is 0.454. The molecular weight excluding hydrogens is 408 g/mol. The highest BCUT2D eigenvalue weighted by Gasteiger charge is 2.20. The number of aryl methyl sites for hydroxylation is 2. The summed E-state index contributed by atoms with van der Waals surface area (Å²) in [5, 5.41) is 12.6. The van der Waals surface area contributed by atoms with E-state index in [4.69, 9.17) is 0 Å². The van der Waals surface area contributed by atoms with E-state index < -0.39 is 0 Å². The molecule has 1 amide bonds. The predicted molar refractivity (Wildman–Crippen MR) is 124 cm³/mol.